The second-order valence-corrected chi connectivity index (χ2v) is 4.99. The van der Waals surface area contributed by atoms with Crippen molar-refractivity contribution in [2.75, 3.05) is 26.2 Å². The number of hydrogen-bond donors (Lipinski definition) is 0. The Morgan fingerprint density at radius 2 is 1.85 bits per heavy atom. The first-order chi connectivity index (χ1) is 6.20. The monoisotopic (exact) mass is 182 g/mol. The molecule has 0 N–H and O–H groups in total. The van der Waals surface area contributed by atoms with Crippen molar-refractivity contribution in [1.29, 1.82) is 0 Å². The van der Waals surface area contributed by atoms with Crippen LogP contribution in [-0.4, -0.2) is 48.1 Å². The lowest BCUT2D eigenvalue weighted by atomic mass is 9.87. The zero-order chi connectivity index (χ0) is 9.42. The molecule has 2 unspecified atom stereocenters. The minimum atomic E-state index is 0.826. The van der Waals surface area contributed by atoms with Crippen LogP contribution in [0.5, 0.6) is 0 Å². The largest absolute Gasteiger partial charge is 0.300 e. The third kappa shape index (κ3) is 1.75. The van der Waals surface area contributed by atoms with Crippen molar-refractivity contribution in [3.63, 3.8) is 0 Å². The van der Waals surface area contributed by atoms with E-state index in [9.17, 15) is 0 Å². The Labute approximate surface area is 81.9 Å². The van der Waals surface area contributed by atoms with Crippen LogP contribution in [0.2, 0.25) is 0 Å². The lowest BCUT2D eigenvalue weighted by molar-refractivity contribution is -0.0679. The van der Waals surface area contributed by atoms with Gasteiger partial charge in [-0.25, -0.2) is 0 Å². The van der Waals surface area contributed by atoms with Gasteiger partial charge in [0.05, 0.1) is 0 Å². The van der Waals surface area contributed by atoms with Gasteiger partial charge in [-0.2, -0.15) is 0 Å². The van der Waals surface area contributed by atoms with E-state index in [4.69, 9.17) is 0 Å². The summed E-state index contributed by atoms with van der Waals surface area (Å²) in [6, 6.07) is 1.78. The summed E-state index contributed by atoms with van der Waals surface area (Å²) in [5.41, 5.74) is 0. The molecule has 0 aliphatic carbocycles. The maximum Gasteiger partial charge on any atom is 0.0241 e. The molecule has 76 valence electrons. The molecule has 0 saturated carbocycles. The number of likely N-dealkylation sites (N-methyl/N-ethyl adjacent to an activating group) is 1. The predicted molar refractivity (Wildman–Crippen MR) is 55.9 cm³/mol. The van der Waals surface area contributed by atoms with Gasteiger partial charge >= 0.3 is 0 Å². The molecule has 3 fully saturated rings. The summed E-state index contributed by atoms with van der Waals surface area (Å²) >= 11 is 0. The van der Waals surface area contributed by atoms with Gasteiger partial charge in [0, 0.05) is 31.7 Å². The number of fused-ring (bicyclic) bond motifs is 2. The maximum atomic E-state index is 2.66. The maximum absolute atomic E-state index is 2.66. The molecule has 0 aromatic heterocycles. The lowest BCUT2D eigenvalue weighted by Gasteiger charge is -2.56. The molecular weight excluding hydrogens is 160 g/mol. The van der Waals surface area contributed by atoms with Crippen molar-refractivity contribution >= 4 is 0 Å². The number of piperidine rings is 1. The van der Waals surface area contributed by atoms with E-state index in [1.807, 2.05) is 0 Å². The van der Waals surface area contributed by atoms with E-state index >= 15 is 0 Å². The average molecular weight is 182 g/mol. The molecule has 3 rings (SSSR count). The van der Waals surface area contributed by atoms with Crippen LogP contribution < -0.4 is 0 Å². The highest BCUT2D eigenvalue weighted by atomic mass is 15.3. The van der Waals surface area contributed by atoms with Gasteiger partial charge in [0.25, 0.3) is 0 Å². The fourth-order valence-electron chi connectivity index (χ4n) is 2.96. The van der Waals surface area contributed by atoms with E-state index < -0.39 is 0 Å². The van der Waals surface area contributed by atoms with Crippen LogP contribution in [0.15, 0.2) is 0 Å². The van der Waals surface area contributed by atoms with Crippen LogP contribution in [0.4, 0.5) is 0 Å². The van der Waals surface area contributed by atoms with E-state index in [1.54, 1.807) is 0 Å². The van der Waals surface area contributed by atoms with Crippen LogP contribution in [-0.2, 0) is 0 Å². The van der Waals surface area contributed by atoms with E-state index in [1.165, 1.54) is 32.6 Å². The van der Waals surface area contributed by atoms with Crippen LogP contribution >= 0.6 is 0 Å². The Morgan fingerprint density at radius 3 is 2.31 bits per heavy atom. The molecule has 0 aromatic rings. The van der Waals surface area contributed by atoms with Crippen molar-refractivity contribution in [3.8, 4) is 0 Å². The Kier molecular flexibility index (Phi) is 2.61. The van der Waals surface area contributed by atoms with Gasteiger partial charge in [0.1, 0.15) is 0 Å². The molecule has 2 heteroatoms. The highest BCUT2D eigenvalue weighted by Gasteiger charge is 2.43. The van der Waals surface area contributed by atoms with Crippen molar-refractivity contribution in [3.05, 3.63) is 0 Å². The predicted octanol–water partition coefficient (Wildman–Crippen LogP) is 1.42. The molecule has 3 aliphatic rings. The topological polar surface area (TPSA) is 6.48 Å². The molecule has 0 amide bonds. The second-order valence-electron chi connectivity index (χ2n) is 4.99. The Balaban J connectivity index is 1.82. The summed E-state index contributed by atoms with van der Waals surface area (Å²) in [5.74, 6) is 0.826. The zero-order valence-electron chi connectivity index (χ0n) is 9.16. The number of nitrogens with zero attached hydrogens (tertiary/aromatic N) is 2. The summed E-state index contributed by atoms with van der Waals surface area (Å²) in [7, 11) is 0. The molecule has 2 bridgehead atoms. The quantitative estimate of drug-likeness (QED) is 0.651. The van der Waals surface area contributed by atoms with E-state index in [-0.39, 0.29) is 0 Å². The Bertz CT molecular complexity index is 167. The SMILES string of the molecule is CCN1C2CC1CN(CC(C)C)C2. The first kappa shape index (κ1) is 9.47. The molecule has 0 radical (unpaired) electrons. The van der Waals surface area contributed by atoms with Crippen molar-refractivity contribution in [2.45, 2.75) is 39.3 Å². The highest BCUT2D eigenvalue weighted by molar-refractivity contribution is 5.00. The van der Waals surface area contributed by atoms with Crippen molar-refractivity contribution in [1.82, 2.24) is 9.80 Å². The van der Waals surface area contributed by atoms with Gasteiger partial charge in [0.2, 0.25) is 0 Å². The molecule has 2 nitrogen and oxygen atoms in total. The number of rotatable bonds is 3. The molecule has 3 aliphatic heterocycles. The van der Waals surface area contributed by atoms with Crippen LogP contribution in [0.3, 0.4) is 0 Å². The first-order valence-electron chi connectivity index (χ1n) is 5.68. The summed E-state index contributed by atoms with van der Waals surface area (Å²) in [6.45, 7) is 12.1. The zero-order valence-corrected chi connectivity index (χ0v) is 9.16. The Morgan fingerprint density at radius 1 is 1.23 bits per heavy atom. The standard InChI is InChI=1S/C11H22N2/c1-4-13-10-5-11(13)8-12(7-10)6-9(2)3/h9-11H,4-8H2,1-3H3. The smallest absolute Gasteiger partial charge is 0.0241 e. The van der Waals surface area contributed by atoms with Crippen molar-refractivity contribution < 1.29 is 0 Å². The van der Waals surface area contributed by atoms with Gasteiger partial charge in [-0.15, -0.1) is 0 Å². The fraction of sp³-hybridized carbons (Fsp3) is 1.00. The molecule has 0 aromatic carbocycles. The molecule has 0 spiro atoms. The van der Waals surface area contributed by atoms with Gasteiger partial charge in [-0.1, -0.05) is 20.8 Å². The van der Waals surface area contributed by atoms with Gasteiger partial charge in [-0.3, -0.25) is 9.80 Å². The van der Waals surface area contributed by atoms with E-state index in [0.29, 0.717) is 0 Å². The number of hydrogen-bond acceptors (Lipinski definition) is 2. The fourth-order valence-corrected chi connectivity index (χ4v) is 2.96. The summed E-state index contributed by atoms with van der Waals surface area (Å²) < 4.78 is 0. The summed E-state index contributed by atoms with van der Waals surface area (Å²) in [5, 5.41) is 0. The second kappa shape index (κ2) is 3.58. The van der Waals surface area contributed by atoms with E-state index in [2.05, 4.69) is 30.6 Å². The van der Waals surface area contributed by atoms with E-state index in [0.717, 1.165) is 18.0 Å². The minimum absolute atomic E-state index is 0.826. The van der Waals surface area contributed by atoms with Gasteiger partial charge in [0.15, 0.2) is 0 Å². The Hall–Kier alpha value is -0.0800. The normalized spacial score (nSPS) is 35.1. The summed E-state index contributed by atoms with van der Waals surface area (Å²) in [6.07, 6.45) is 1.46. The molecular formula is C11H22N2. The van der Waals surface area contributed by atoms with Gasteiger partial charge in [-0.05, 0) is 18.9 Å². The van der Waals surface area contributed by atoms with Crippen molar-refractivity contribution in [2.24, 2.45) is 5.92 Å². The number of piperazine rings is 1. The molecule has 2 atom stereocenters. The minimum Gasteiger partial charge on any atom is -0.300 e. The van der Waals surface area contributed by atoms with Crippen LogP contribution in [0, 0.1) is 5.92 Å². The van der Waals surface area contributed by atoms with Gasteiger partial charge < -0.3 is 0 Å². The molecule has 3 heterocycles. The lowest BCUT2D eigenvalue weighted by Crippen LogP contribution is -2.68. The average Bonchev–Trinajstić information content (AvgIpc) is 2.03. The van der Waals surface area contributed by atoms with Crippen LogP contribution in [0.25, 0.3) is 0 Å². The summed E-state index contributed by atoms with van der Waals surface area (Å²) in [4.78, 5) is 5.31. The molecule has 13 heavy (non-hydrogen) atoms. The first-order valence-corrected chi connectivity index (χ1v) is 5.68. The third-order valence-electron chi connectivity index (χ3n) is 3.41. The highest BCUT2D eigenvalue weighted by Crippen LogP contribution is 2.31. The molecule has 3 saturated heterocycles. The third-order valence-corrected chi connectivity index (χ3v) is 3.41. The van der Waals surface area contributed by atoms with Crippen LogP contribution in [0.1, 0.15) is 27.2 Å².